The molecule has 6 nitrogen and oxygen atoms in total. The molecule has 4 rings (SSSR count). The van der Waals surface area contributed by atoms with Gasteiger partial charge in [-0.15, -0.1) is 0 Å². The molecule has 0 N–H and O–H groups in total. The molecule has 1 aliphatic heterocycles. The molecular formula is C24H19Cl3N4O2. The van der Waals surface area contributed by atoms with Crippen molar-refractivity contribution in [1.82, 2.24) is 14.9 Å². The fourth-order valence-electron chi connectivity index (χ4n) is 4.05. The number of nitrogens with zero attached hydrogens (tertiary/aromatic N) is 4. The highest BCUT2D eigenvalue weighted by Crippen LogP contribution is 2.38. The van der Waals surface area contributed by atoms with E-state index in [1.807, 2.05) is 25.1 Å². The molecule has 33 heavy (non-hydrogen) atoms. The minimum absolute atomic E-state index is 0.0302. The largest absolute Gasteiger partial charge is 0.474 e. The third-order valence-electron chi connectivity index (χ3n) is 5.76. The van der Waals surface area contributed by atoms with Crippen LogP contribution in [-0.2, 0) is 0 Å². The summed E-state index contributed by atoms with van der Waals surface area (Å²) in [6, 6.07) is 14.1. The third kappa shape index (κ3) is 5.22. The summed E-state index contributed by atoms with van der Waals surface area (Å²) in [5.41, 5.74) is 1.66. The molecule has 2 aromatic heterocycles. The second-order valence-corrected chi connectivity index (χ2v) is 9.09. The molecule has 1 saturated heterocycles. The first-order valence-corrected chi connectivity index (χ1v) is 11.4. The van der Waals surface area contributed by atoms with E-state index in [9.17, 15) is 4.79 Å². The Morgan fingerprint density at radius 2 is 1.91 bits per heavy atom. The minimum Gasteiger partial charge on any atom is -0.474 e. The molecule has 0 aliphatic carbocycles. The molecule has 1 fully saturated rings. The number of hydrogen-bond acceptors (Lipinski definition) is 5. The lowest BCUT2D eigenvalue weighted by atomic mass is 9.86. The predicted molar refractivity (Wildman–Crippen MR) is 127 cm³/mol. The topological polar surface area (TPSA) is 79.1 Å². The first kappa shape index (κ1) is 23.3. The molecule has 3 atom stereocenters. The molecule has 0 bridgehead atoms. The first-order chi connectivity index (χ1) is 15.9. The van der Waals surface area contributed by atoms with Gasteiger partial charge in [0.1, 0.15) is 17.9 Å². The van der Waals surface area contributed by atoms with Gasteiger partial charge in [-0.25, -0.2) is 9.97 Å². The maximum Gasteiger partial charge on any atom is 0.255 e. The fraction of sp³-hybridized carbons (Fsp3) is 0.250. The van der Waals surface area contributed by atoms with Crippen LogP contribution in [0.2, 0.25) is 15.1 Å². The molecule has 1 amide bonds. The Morgan fingerprint density at radius 1 is 1.09 bits per heavy atom. The molecule has 3 aromatic rings. The van der Waals surface area contributed by atoms with Crippen molar-refractivity contribution in [2.45, 2.75) is 18.9 Å². The Morgan fingerprint density at radius 3 is 2.55 bits per heavy atom. The standard InChI is InChI=1S/C24H19Cl3N4O2/c1-14(33-23-7-4-17(25)11-30-23)19-12-31(24(32)16-2-5-18(9-28)29-10-16)13-20(19)15-3-6-21(26)22(27)8-15/h2-8,10-11,14,19-20H,12-13H2,1H3/t14-,19?,20+/m0/s1. The van der Waals surface area contributed by atoms with Crippen LogP contribution in [0.5, 0.6) is 5.88 Å². The Bertz CT molecular complexity index is 1200. The highest BCUT2D eigenvalue weighted by atomic mass is 35.5. The smallest absolute Gasteiger partial charge is 0.255 e. The number of carbonyl (C=O) groups excluding carboxylic acids is 1. The van der Waals surface area contributed by atoms with E-state index in [2.05, 4.69) is 9.97 Å². The van der Waals surface area contributed by atoms with E-state index < -0.39 is 0 Å². The minimum atomic E-state index is -0.255. The van der Waals surface area contributed by atoms with E-state index in [1.165, 1.54) is 18.5 Å². The third-order valence-corrected chi connectivity index (χ3v) is 6.72. The number of likely N-dealkylation sites (tertiary alicyclic amines) is 1. The van der Waals surface area contributed by atoms with Gasteiger partial charge in [-0.1, -0.05) is 40.9 Å². The van der Waals surface area contributed by atoms with Crippen LogP contribution >= 0.6 is 34.8 Å². The van der Waals surface area contributed by atoms with Gasteiger partial charge in [0.05, 0.1) is 20.6 Å². The van der Waals surface area contributed by atoms with Gasteiger partial charge >= 0.3 is 0 Å². The van der Waals surface area contributed by atoms with Gasteiger partial charge < -0.3 is 9.64 Å². The number of carbonyl (C=O) groups is 1. The lowest BCUT2D eigenvalue weighted by Gasteiger charge is -2.25. The summed E-state index contributed by atoms with van der Waals surface area (Å²) in [5, 5.41) is 10.4. The van der Waals surface area contributed by atoms with Crippen molar-refractivity contribution in [3.05, 3.63) is 86.7 Å². The fourth-order valence-corrected chi connectivity index (χ4v) is 4.46. The molecule has 0 saturated carbocycles. The van der Waals surface area contributed by atoms with Crippen LogP contribution < -0.4 is 4.74 Å². The molecule has 1 unspecified atom stereocenters. The molecule has 3 heterocycles. The Labute approximate surface area is 206 Å². The summed E-state index contributed by atoms with van der Waals surface area (Å²) >= 11 is 18.3. The molecule has 168 valence electrons. The van der Waals surface area contributed by atoms with E-state index in [0.29, 0.717) is 39.6 Å². The SMILES string of the molecule is C[C@H](Oc1ccc(Cl)cn1)C1CN(C(=O)c2ccc(C#N)nc2)C[C@@H]1c1ccc(Cl)c(Cl)c1. The highest BCUT2D eigenvalue weighted by Gasteiger charge is 2.40. The van der Waals surface area contributed by atoms with Crippen LogP contribution in [0.1, 0.15) is 34.5 Å². The highest BCUT2D eigenvalue weighted by molar-refractivity contribution is 6.42. The number of amides is 1. The van der Waals surface area contributed by atoms with E-state index in [4.69, 9.17) is 44.8 Å². The Kier molecular flexibility index (Phi) is 7.04. The van der Waals surface area contributed by atoms with Crippen LogP contribution in [0.4, 0.5) is 0 Å². The maximum absolute atomic E-state index is 13.2. The zero-order valence-electron chi connectivity index (χ0n) is 17.6. The van der Waals surface area contributed by atoms with Gasteiger partial charge in [0.25, 0.3) is 5.91 Å². The van der Waals surface area contributed by atoms with Crippen LogP contribution in [0.25, 0.3) is 0 Å². The molecule has 0 spiro atoms. The number of hydrogen-bond donors (Lipinski definition) is 0. The van der Waals surface area contributed by atoms with Gasteiger partial charge in [0.15, 0.2) is 0 Å². The number of aromatic nitrogens is 2. The molecule has 1 aliphatic rings. The van der Waals surface area contributed by atoms with E-state index in [0.717, 1.165) is 5.56 Å². The second kappa shape index (κ2) is 9.96. The van der Waals surface area contributed by atoms with E-state index in [1.54, 1.807) is 29.2 Å². The maximum atomic E-state index is 13.2. The predicted octanol–water partition coefficient (Wildman–Crippen LogP) is 5.63. The molecule has 9 heteroatoms. The van der Waals surface area contributed by atoms with Crippen molar-refractivity contribution in [3.63, 3.8) is 0 Å². The van der Waals surface area contributed by atoms with Crippen molar-refractivity contribution < 1.29 is 9.53 Å². The van der Waals surface area contributed by atoms with Crippen molar-refractivity contribution in [2.75, 3.05) is 13.1 Å². The first-order valence-electron chi connectivity index (χ1n) is 10.2. The summed E-state index contributed by atoms with van der Waals surface area (Å²) in [4.78, 5) is 23.2. The summed E-state index contributed by atoms with van der Waals surface area (Å²) in [6.07, 6.45) is 2.71. The number of pyridine rings is 2. The zero-order valence-corrected chi connectivity index (χ0v) is 19.8. The Hall–Kier alpha value is -2.85. The second-order valence-electron chi connectivity index (χ2n) is 7.84. The quantitative estimate of drug-likeness (QED) is 0.452. The molecule has 1 aromatic carbocycles. The van der Waals surface area contributed by atoms with Crippen molar-refractivity contribution in [2.24, 2.45) is 5.92 Å². The summed E-state index contributed by atoms with van der Waals surface area (Å²) in [5.74, 6) is 0.240. The average Bonchev–Trinajstić information content (AvgIpc) is 3.27. The number of benzene rings is 1. The number of halogens is 3. The van der Waals surface area contributed by atoms with Crippen LogP contribution in [0, 0.1) is 17.2 Å². The number of rotatable bonds is 5. The van der Waals surface area contributed by atoms with Crippen molar-refractivity contribution in [3.8, 4) is 11.9 Å². The molecular weight excluding hydrogens is 483 g/mol. The summed E-state index contributed by atoms with van der Waals surface area (Å²) in [6.45, 7) is 2.91. The van der Waals surface area contributed by atoms with Crippen molar-refractivity contribution in [1.29, 1.82) is 5.26 Å². The van der Waals surface area contributed by atoms with Gasteiger partial charge in [-0.3, -0.25) is 4.79 Å². The number of nitriles is 1. The Balaban J connectivity index is 1.60. The summed E-state index contributed by atoms with van der Waals surface area (Å²) < 4.78 is 6.11. The van der Waals surface area contributed by atoms with Gasteiger partial charge in [-0.2, -0.15) is 5.26 Å². The van der Waals surface area contributed by atoms with E-state index in [-0.39, 0.29) is 29.5 Å². The van der Waals surface area contributed by atoms with E-state index >= 15 is 0 Å². The normalized spacial score (nSPS) is 18.6. The van der Waals surface area contributed by atoms with Gasteiger partial charge in [0, 0.05) is 43.4 Å². The van der Waals surface area contributed by atoms with Crippen molar-refractivity contribution >= 4 is 40.7 Å². The lowest BCUT2D eigenvalue weighted by molar-refractivity contribution is 0.0769. The van der Waals surface area contributed by atoms with Crippen LogP contribution in [0.15, 0.2) is 54.9 Å². The monoisotopic (exact) mass is 500 g/mol. The van der Waals surface area contributed by atoms with Crippen LogP contribution in [0.3, 0.4) is 0 Å². The van der Waals surface area contributed by atoms with Crippen LogP contribution in [-0.4, -0.2) is 40.0 Å². The lowest BCUT2D eigenvalue weighted by Crippen LogP contribution is -2.32. The number of ether oxygens (including phenoxy) is 1. The summed E-state index contributed by atoms with van der Waals surface area (Å²) in [7, 11) is 0. The molecule has 0 radical (unpaired) electrons. The van der Waals surface area contributed by atoms with Gasteiger partial charge in [-0.05, 0) is 42.8 Å². The average molecular weight is 502 g/mol. The zero-order chi connectivity index (χ0) is 23.5. The van der Waals surface area contributed by atoms with Gasteiger partial charge in [0.2, 0.25) is 5.88 Å².